The van der Waals surface area contributed by atoms with Crippen LogP contribution < -0.4 is 10.6 Å². The van der Waals surface area contributed by atoms with Crippen molar-refractivity contribution in [2.45, 2.75) is 23.4 Å². The van der Waals surface area contributed by atoms with Crippen molar-refractivity contribution in [3.8, 4) is 11.3 Å². The highest BCUT2D eigenvalue weighted by molar-refractivity contribution is 8.00. The molecule has 5 nitrogen and oxygen atoms in total. The zero-order valence-corrected chi connectivity index (χ0v) is 16.3. The molecule has 1 heterocycles. The number of thioether (sulfide) groups is 1. The minimum Gasteiger partial charge on any atom is -0.394 e. The van der Waals surface area contributed by atoms with Gasteiger partial charge in [0.25, 0.3) is 0 Å². The zero-order valence-electron chi connectivity index (χ0n) is 15.4. The number of alkyl halides is 3. The van der Waals surface area contributed by atoms with Crippen LogP contribution in [0.5, 0.6) is 0 Å². The van der Waals surface area contributed by atoms with E-state index in [1.165, 1.54) is 12.1 Å². The lowest BCUT2D eigenvalue weighted by Crippen LogP contribution is -2.21. The first kappa shape index (κ1) is 20.9. The van der Waals surface area contributed by atoms with Crippen LogP contribution in [-0.2, 0) is 0 Å². The van der Waals surface area contributed by atoms with Gasteiger partial charge in [-0.2, -0.15) is 18.2 Å². The van der Waals surface area contributed by atoms with Crippen LogP contribution in [0.2, 0.25) is 0 Å². The lowest BCUT2D eigenvalue weighted by atomic mass is 10.1. The highest BCUT2D eigenvalue weighted by atomic mass is 32.2. The summed E-state index contributed by atoms with van der Waals surface area (Å²) in [6.07, 6.45) is 0. The molecule has 0 fully saturated rings. The molecule has 0 spiro atoms. The van der Waals surface area contributed by atoms with Gasteiger partial charge < -0.3 is 15.7 Å². The number of aliphatic hydroxyl groups is 1. The first-order valence-corrected chi connectivity index (χ1v) is 9.59. The number of nitrogens with zero attached hydrogens (tertiary/aromatic N) is 2. The summed E-state index contributed by atoms with van der Waals surface area (Å²) in [6.45, 7) is 1.68. The first-order valence-electron chi connectivity index (χ1n) is 8.77. The molecular weight excluding hydrogens is 401 g/mol. The van der Waals surface area contributed by atoms with Crippen molar-refractivity contribution in [1.29, 1.82) is 0 Å². The van der Waals surface area contributed by atoms with Crippen molar-refractivity contribution in [1.82, 2.24) is 9.97 Å². The fourth-order valence-electron chi connectivity index (χ4n) is 2.52. The van der Waals surface area contributed by atoms with Crippen molar-refractivity contribution >= 4 is 29.2 Å². The third kappa shape index (κ3) is 6.37. The Hall–Kier alpha value is -2.78. The Morgan fingerprint density at radius 1 is 1.03 bits per heavy atom. The van der Waals surface area contributed by atoms with Crippen molar-refractivity contribution < 1.29 is 18.3 Å². The molecule has 3 rings (SSSR count). The zero-order chi connectivity index (χ0) is 20.9. The molecule has 3 N–H and O–H groups in total. The predicted octanol–water partition coefficient (Wildman–Crippen LogP) is 5.29. The molecular formula is C20H19F3N4OS. The topological polar surface area (TPSA) is 70.1 Å². The normalized spacial score (nSPS) is 12.4. The molecule has 29 heavy (non-hydrogen) atoms. The average Bonchev–Trinajstić information content (AvgIpc) is 2.67. The molecule has 1 aromatic heterocycles. The molecule has 0 radical (unpaired) electrons. The SMILES string of the molecule is C[C@H](CO)Nc1nc(Nc2cccc(SC(F)(F)F)c2)cc(-c2ccccc2)n1. The largest absolute Gasteiger partial charge is 0.446 e. The van der Waals surface area contributed by atoms with Gasteiger partial charge >= 0.3 is 5.51 Å². The lowest BCUT2D eigenvalue weighted by Gasteiger charge is -2.14. The molecule has 152 valence electrons. The molecule has 0 bridgehead atoms. The molecule has 3 aromatic rings. The number of aliphatic hydroxyl groups excluding tert-OH is 1. The minimum absolute atomic E-state index is 0.0760. The molecule has 0 aliphatic rings. The van der Waals surface area contributed by atoms with Gasteiger partial charge in [-0.3, -0.25) is 0 Å². The first-order chi connectivity index (χ1) is 13.8. The summed E-state index contributed by atoms with van der Waals surface area (Å²) in [6, 6.07) is 16.9. The van der Waals surface area contributed by atoms with Gasteiger partial charge in [-0.25, -0.2) is 4.98 Å². The van der Waals surface area contributed by atoms with E-state index in [1.54, 1.807) is 25.1 Å². The molecule has 0 saturated carbocycles. The number of benzene rings is 2. The van der Waals surface area contributed by atoms with Gasteiger partial charge in [-0.1, -0.05) is 36.4 Å². The van der Waals surface area contributed by atoms with Crippen molar-refractivity contribution in [2.75, 3.05) is 17.2 Å². The number of anilines is 3. The Balaban J connectivity index is 1.92. The minimum atomic E-state index is -4.36. The second-order valence-electron chi connectivity index (χ2n) is 6.26. The van der Waals surface area contributed by atoms with Gasteiger partial charge in [-0.15, -0.1) is 0 Å². The standard InChI is InChI=1S/C20H19F3N4OS/c1-13(12-28)24-19-26-17(14-6-3-2-4-7-14)11-18(27-19)25-15-8-5-9-16(10-15)29-20(21,22)23/h2-11,13,28H,12H2,1H3,(H2,24,25,26,27)/t13-/m1/s1. The van der Waals surface area contributed by atoms with E-state index in [2.05, 4.69) is 20.6 Å². The lowest BCUT2D eigenvalue weighted by molar-refractivity contribution is -0.0328. The number of rotatable bonds is 7. The number of aromatic nitrogens is 2. The Labute approximate surface area is 170 Å². The van der Waals surface area contributed by atoms with Crippen LogP contribution in [0.3, 0.4) is 0 Å². The van der Waals surface area contributed by atoms with Crippen LogP contribution in [0.25, 0.3) is 11.3 Å². The van der Waals surface area contributed by atoms with Crippen molar-refractivity contribution in [3.63, 3.8) is 0 Å². The third-order valence-electron chi connectivity index (χ3n) is 3.79. The number of hydrogen-bond acceptors (Lipinski definition) is 6. The van der Waals surface area contributed by atoms with E-state index in [9.17, 15) is 18.3 Å². The Kier molecular flexibility index (Phi) is 6.60. The Morgan fingerprint density at radius 3 is 2.48 bits per heavy atom. The van der Waals surface area contributed by atoms with Crippen LogP contribution in [0, 0.1) is 0 Å². The Morgan fingerprint density at radius 2 is 1.79 bits per heavy atom. The average molecular weight is 420 g/mol. The van der Waals surface area contributed by atoms with Crippen LogP contribution >= 0.6 is 11.8 Å². The van der Waals surface area contributed by atoms with Crippen LogP contribution in [-0.4, -0.2) is 33.2 Å². The van der Waals surface area contributed by atoms with Crippen LogP contribution in [0.15, 0.2) is 65.6 Å². The second kappa shape index (κ2) is 9.15. The molecule has 0 aliphatic carbocycles. The summed E-state index contributed by atoms with van der Waals surface area (Å²) in [5, 5.41) is 15.3. The van der Waals surface area contributed by atoms with E-state index in [4.69, 9.17) is 0 Å². The summed E-state index contributed by atoms with van der Waals surface area (Å²) < 4.78 is 37.9. The van der Waals surface area contributed by atoms with Gasteiger partial charge in [0, 0.05) is 28.3 Å². The smallest absolute Gasteiger partial charge is 0.394 e. The van der Waals surface area contributed by atoms with E-state index in [0.717, 1.165) is 5.56 Å². The Bertz CT molecular complexity index is 954. The second-order valence-corrected chi connectivity index (χ2v) is 7.40. The van der Waals surface area contributed by atoms with Crippen molar-refractivity contribution in [3.05, 3.63) is 60.7 Å². The van der Waals surface area contributed by atoms with Crippen molar-refractivity contribution in [2.24, 2.45) is 0 Å². The molecule has 0 aliphatic heterocycles. The van der Waals surface area contributed by atoms with Crippen LogP contribution in [0.1, 0.15) is 6.92 Å². The molecule has 0 saturated heterocycles. The fraction of sp³-hybridized carbons (Fsp3) is 0.200. The highest BCUT2D eigenvalue weighted by Gasteiger charge is 2.29. The molecule has 1 atom stereocenters. The van der Waals surface area contributed by atoms with E-state index < -0.39 is 5.51 Å². The number of hydrogen-bond donors (Lipinski definition) is 3. The maximum Gasteiger partial charge on any atom is 0.446 e. The predicted molar refractivity (Wildman–Crippen MR) is 109 cm³/mol. The van der Waals surface area contributed by atoms with E-state index in [-0.39, 0.29) is 29.3 Å². The van der Waals surface area contributed by atoms with Gasteiger partial charge in [0.05, 0.1) is 12.3 Å². The highest BCUT2D eigenvalue weighted by Crippen LogP contribution is 2.37. The third-order valence-corrected chi connectivity index (χ3v) is 4.51. The van der Waals surface area contributed by atoms with E-state index in [0.29, 0.717) is 23.1 Å². The molecule has 9 heteroatoms. The fourth-order valence-corrected chi connectivity index (χ4v) is 3.12. The number of halogens is 3. The maximum absolute atomic E-state index is 12.6. The van der Waals surface area contributed by atoms with E-state index in [1.807, 2.05) is 30.3 Å². The monoisotopic (exact) mass is 420 g/mol. The van der Waals surface area contributed by atoms with Gasteiger partial charge in [0.2, 0.25) is 5.95 Å². The quantitative estimate of drug-likeness (QED) is 0.451. The summed E-state index contributed by atoms with van der Waals surface area (Å²) in [5.74, 6) is 0.719. The van der Waals surface area contributed by atoms with Gasteiger partial charge in [-0.05, 0) is 36.9 Å². The summed E-state index contributed by atoms with van der Waals surface area (Å²) in [7, 11) is 0. The van der Waals surface area contributed by atoms with Gasteiger partial charge in [0.1, 0.15) is 5.82 Å². The summed E-state index contributed by atoms with van der Waals surface area (Å²) >= 11 is -0.173. The molecule has 0 unspecified atom stereocenters. The molecule has 0 amide bonds. The van der Waals surface area contributed by atoms with Gasteiger partial charge in [0.15, 0.2) is 0 Å². The van der Waals surface area contributed by atoms with Crippen LogP contribution in [0.4, 0.5) is 30.6 Å². The summed E-state index contributed by atoms with van der Waals surface area (Å²) in [4.78, 5) is 8.92. The maximum atomic E-state index is 12.6. The summed E-state index contributed by atoms with van der Waals surface area (Å²) in [5.41, 5.74) is -2.39. The number of nitrogens with one attached hydrogen (secondary N) is 2. The molecule has 2 aromatic carbocycles. The van der Waals surface area contributed by atoms with E-state index >= 15 is 0 Å².